The quantitative estimate of drug-likeness (QED) is 0.655. The maximum absolute atomic E-state index is 13.1. The van der Waals surface area contributed by atoms with Crippen molar-refractivity contribution in [3.8, 4) is 11.3 Å². The first-order valence-electron chi connectivity index (χ1n) is 10.5. The van der Waals surface area contributed by atoms with E-state index in [-0.39, 0.29) is 30.5 Å². The molecule has 1 aliphatic rings. The maximum Gasteiger partial charge on any atom is 0.265 e. The molecule has 0 aromatic carbocycles. The number of fused-ring (bicyclic) bond motifs is 1. The number of nitrogens with one attached hydrogen (secondary N) is 1. The van der Waals surface area contributed by atoms with Crippen LogP contribution in [0.5, 0.6) is 0 Å². The minimum absolute atomic E-state index is 0.0679. The molecule has 1 fully saturated rings. The van der Waals surface area contributed by atoms with Crippen molar-refractivity contribution in [3.63, 3.8) is 0 Å². The van der Waals surface area contributed by atoms with Crippen LogP contribution < -0.4 is 10.9 Å². The molecule has 0 radical (unpaired) electrons. The van der Waals surface area contributed by atoms with Gasteiger partial charge in [0.1, 0.15) is 17.0 Å². The predicted octanol–water partition coefficient (Wildman–Crippen LogP) is 4.32. The fourth-order valence-corrected chi connectivity index (χ4v) is 4.10. The molecule has 3 aromatic heterocycles. The van der Waals surface area contributed by atoms with Gasteiger partial charge < -0.3 is 9.73 Å². The molecular weight excluding hydrogens is 385 g/mol. The lowest BCUT2D eigenvalue weighted by atomic mass is 9.87. The molecule has 0 saturated heterocycles. The van der Waals surface area contributed by atoms with Gasteiger partial charge in [-0.15, -0.1) is 0 Å². The molecule has 1 N–H and O–H groups in total. The maximum atomic E-state index is 13.1. The monoisotopic (exact) mass is 411 g/mol. The van der Waals surface area contributed by atoms with E-state index in [9.17, 15) is 14.0 Å². The Labute approximate surface area is 174 Å². The van der Waals surface area contributed by atoms with Crippen LogP contribution in [-0.2, 0) is 6.54 Å². The van der Waals surface area contributed by atoms with E-state index >= 15 is 0 Å². The Morgan fingerprint density at radius 3 is 2.80 bits per heavy atom. The summed E-state index contributed by atoms with van der Waals surface area (Å²) in [6, 6.07) is 7.11. The molecule has 0 aliphatic heterocycles. The van der Waals surface area contributed by atoms with Crippen LogP contribution in [0.1, 0.15) is 49.4 Å². The van der Waals surface area contributed by atoms with Crippen LogP contribution in [0.3, 0.4) is 0 Å². The molecule has 30 heavy (non-hydrogen) atoms. The number of nitrogens with zero attached hydrogens (tertiary/aromatic N) is 2. The van der Waals surface area contributed by atoms with Gasteiger partial charge in [-0.25, -0.2) is 4.98 Å². The fraction of sp³-hybridized carbons (Fsp3) is 0.435. The summed E-state index contributed by atoms with van der Waals surface area (Å²) >= 11 is 0. The predicted molar refractivity (Wildman–Crippen MR) is 113 cm³/mol. The number of halogens is 1. The van der Waals surface area contributed by atoms with Crippen molar-refractivity contribution in [2.75, 3.05) is 6.67 Å². The first-order chi connectivity index (χ1) is 14.6. The number of carbonyl (C=O) groups is 1. The molecule has 0 atom stereocenters. The van der Waals surface area contributed by atoms with Gasteiger partial charge in [0, 0.05) is 29.7 Å². The Balaban J connectivity index is 1.72. The summed E-state index contributed by atoms with van der Waals surface area (Å²) in [6.07, 6.45) is 7.35. The highest BCUT2D eigenvalue weighted by atomic mass is 19.1. The molecule has 158 valence electrons. The van der Waals surface area contributed by atoms with E-state index in [2.05, 4.69) is 17.2 Å². The van der Waals surface area contributed by atoms with Crippen molar-refractivity contribution in [1.82, 2.24) is 14.9 Å². The Kier molecular flexibility index (Phi) is 5.97. The molecule has 0 bridgehead atoms. The Hall–Kier alpha value is -2.96. The van der Waals surface area contributed by atoms with Gasteiger partial charge in [0.25, 0.3) is 11.5 Å². The van der Waals surface area contributed by atoms with Crippen LogP contribution in [0.15, 0.2) is 45.9 Å². The summed E-state index contributed by atoms with van der Waals surface area (Å²) in [5, 5.41) is 3.66. The average molecular weight is 411 g/mol. The molecule has 0 unspecified atom stereocenters. The molecular formula is C23H26FN3O3. The first-order valence-corrected chi connectivity index (χ1v) is 10.5. The third-order valence-corrected chi connectivity index (χ3v) is 5.84. The SMILES string of the molecule is CC1CCC(NC(=O)c2cc3cc(-c4ccco4)cnc3n(CCCF)c2=O)CC1. The van der Waals surface area contributed by atoms with Crippen LogP contribution in [-0.4, -0.2) is 28.2 Å². The van der Waals surface area contributed by atoms with E-state index in [4.69, 9.17) is 4.42 Å². The molecule has 4 rings (SSSR count). The van der Waals surface area contributed by atoms with Crippen molar-refractivity contribution in [1.29, 1.82) is 0 Å². The van der Waals surface area contributed by atoms with Gasteiger partial charge in [0.15, 0.2) is 0 Å². The summed E-state index contributed by atoms with van der Waals surface area (Å²) in [7, 11) is 0. The van der Waals surface area contributed by atoms with Gasteiger partial charge in [-0.2, -0.15) is 0 Å². The second-order valence-electron chi connectivity index (χ2n) is 8.10. The van der Waals surface area contributed by atoms with E-state index in [1.807, 2.05) is 12.1 Å². The van der Waals surface area contributed by atoms with Crippen LogP contribution in [0.25, 0.3) is 22.4 Å². The van der Waals surface area contributed by atoms with Crippen LogP contribution in [0, 0.1) is 5.92 Å². The zero-order valence-corrected chi connectivity index (χ0v) is 17.1. The second kappa shape index (κ2) is 8.81. The van der Waals surface area contributed by atoms with Crippen molar-refractivity contribution in [2.24, 2.45) is 5.92 Å². The molecule has 1 saturated carbocycles. The van der Waals surface area contributed by atoms with E-state index in [1.54, 1.807) is 24.6 Å². The van der Waals surface area contributed by atoms with Crippen molar-refractivity contribution < 1.29 is 13.6 Å². The number of pyridine rings is 2. The minimum atomic E-state index is -0.547. The Bertz CT molecular complexity index is 1080. The molecule has 3 heterocycles. The van der Waals surface area contributed by atoms with E-state index in [1.165, 1.54) is 4.57 Å². The number of alkyl halides is 1. The molecule has 6 nitrogen and oxygen atoms in total. The second-order valence-corrected chi connectivity index (χ2v) is 8.10. The molecule has 1 amide bonds. The first kappa shape index (κ1) is 20.3. The van der Waals surface area contributed by atoms with Gasteiger partial charge in [0.2, 0.25) is 0 Å². The normalized spacial score (nSPS) is 19.1. The van der Waals surface area contributed by atoms with Gasteiger partial charge in [0.05, 0.1) is 12.9 Å². The van der Waals surface area contributed by atoms with Gasteiger partial charge >= 0.3 is 0 Å². The number of aryl methyl sites for hydroxylation is 1. The smallest absolute Gasteiger partial charge is 0.265 e. The van der Waals surface area contributed by atoms with Crippen LogP contribution >= 0.6 is 0 Å². The highest BCUT2D eigenvalue weighted by Crippen LogP contribution is 2.25. The number of carbonyl (C=O) groups excluding carboxylic acids is 1. The van der Waals surface area contributed by atoms with Gasteiger partial charge in [-0.3, -0.25) is 18.5 Å². The van der Waals surface area contributed by atoms with Gasteiger partial charge in [-0.05, 0) is 62.3 Å². The van der Waals surface area contributed by atoms with E-state index in [0.29, 0.717) is 22.7 Å². The third kappa shape index (κ3) is 4.15. The largest absolute Gasteiger partial charge is 0.464 e. The summed E-state index contributed by atoms with van der Waals surface area (Å²) < 4.78 is 19.7. The van der Waals surface area contributed by atoms with Crippen molar-refractivity contribution in [2.45, 2.75) is 51.6 Å². The molecule has 7 heteroatoms. The number of hydrogen-bond donors (Lipinski definition) is 1. The lowest BCUT2D eigenvalue weighted by Crippen LogP contribution is -2.40. The summed E-state index contributed by atoms with van der Waals surface area (Å²) in [6.45, 7) is 1.84. The topological polar surface area (TPSA) is 77.1 Å². The number of hydrogen-bond acceptors (Lipinski definition) is 4. The highest BCUT2D eigenvalue weighted by Gasteiger charge is 2.23. The zero-order valence-electron chi connectivity index (χ0n) is 17.1. The number of amides is 1. The Morgan fingerprint density at radius 2 is 2.10 bits per heavy atom. The third-order valence-electron chi connectivity index (χ3n) is 5.84. The van der Waals surface area contributed by atoms with Crippen molar-refractivity contribution >= 4 is 16.9 Å². The van der Waals surface area contributed by atoms with E-state index in [0.717, 1.165) is 31.2 Å². The summed E-state index contributed by atoms with van der Waals surface area (Å²) in [5.74, 6) is 0.940. The average Bonchev–Trinajstić information content (AvgIpc) is 3.29. The zero-order chi connectivity index (χ0) is 21.1. The highest BCUT2D eigenvalue weighted by molar-refractivity contribution is 5.97. The number of furan rings is 1. The minimum Gasteiger partial charge on any atom is -0.464 e. The molecule has 0 spiro atoms. The lowest BCUT2D eigenvalue weighted by molar-refractivity contribution is 0.0921. The van der Waals surface area contributed by atoms with Gasteiger partial charge in [-0.1, -0.05) is 6.92 Å². The standard InChI is InChI=1S/C23H26FN3O3/c1-15-5-7-18(8-6-15)26-22(28)19-13-16-12-17(20-4-2-11-30-20)14-25-21(16)27(23(19)29)10-3-9-24/h2,4,11-15,18H,3,5-10H2,1H3,(H,26,28). The number of rotatable bonds is 6. The lowest BCUT2D eigenvalue weighted by Gasteiger charge is -2.27. The molecule has 3 aromatic rings. The summed E-state index contributed by atoms with van der Waals surface area (Å²) in [5.41, 5.74) is 0.817. The fourth-order valence-electron chi connectivity index (χ4n) is 4.10. The van der Waals surface area contributed by atoms with E-state index < -0.39 is 12.2 Å². The van der Waals surface area contributed by atoms with Crippen LogP contribution in [0.4, 0.5) is 4.39 Å². The van der Waals surface area contributed by atoms with Crippen molar-refractivity contribution in [3.05, 3.63) is 52.6 Å². The summed E-state index contributed by atoms with van der Waals surface area (Å²) in [4.78, 5) is 30.4. The van der Waals surface area contributed by atoms with Crippen LogP contribution in [0.2, 0.25) is 0 Å². The molecule has 1 aliphatic carbocycles. The Morgan fingerprint density at radius 1 is 1.30 bits per heavy atom. The number of aromatic nitrogens is 2.